The van der Waals surface area contributed by atoms with Crippen molar-refractivity contribution in [3.05, 3.63) is 46.8 Å². The number of sulfonamides is 1. The minimum Gasteiger partial charge on any atom is -0.355 e. The topological polar surface area (TPSA) is 141 Å². The number of rotatable bonds is 7. The maximum absolute atomic E-state index is 13.1. The molecule has 0 spiro atoms. The quantitative estimate of drug-likeness (QED) is 0.452. The molecule has 222 valence electrons. The third-order valence-electron chi connectivity index (χ3n) is 5.91. The highest BCUT2D eigenvalue weighted by atomic mass is 32.2. The van der Waals surface area contributed by atoms with E-state index in [9.17, 15) is 31.2 Å². The third-order valence-corrected chi connectivity index (χ3v) is 7.39. The third kappa shape index (κ3) is 6.21. The zero-order valence-electron chi connectivity index (χ0n) is 22.4. The number of amides is 2. The van der Waals surface area contributed by atoms with Gasteiger partial charge in [0.2, 0.25) is 11.9 Å². The van der Waals surface area contributed by atoms with Crippen molar-refractivity contribution in [2.45, 2.75) is 39.2 Å². The molecule has 0 saturated carbocycles. The number of carbonyl (C=O) groups excluding carboxylic acids is 2. The molecule has 2 aromatic rings. The van der Waals surface area contributed by atoms with Crippen molar-refractivity contribution >= 4 is 46.0 Å². The van der Waals surface area contributed by atoms with Gasteiger partial charge in [-0.15, -0.1) is 0 Å². The van der Waals surface area contributed by atoms with Crippen LogP contribution in [0, 0.1) is 0 Å². The monoisotopic (exact) mass is 588 g/mol. The molecular formula is C24H35F3N8O4S. The molecule has 0 bridgehead atoms. The lowest BCUT2D eigenvalue weighted by molar-refractivity contribution is -0.116. The maximum Gasteiger partial charge on any atom is 0.516 e. The van der Waals surface area contributed by atoms with E-state index in [0.717, 1.165) is 5.56 Å². The van der Waals surface area contributed by atoms with E-state index in [0.29, 0.717) is 41.4 Å². The van der Waals surface area contributed by atoms with E-state index in [1.807, 2.05) is 20.8 Å². The summed E-state index contributed by atoms with van der Waals surface area (Å²) in [5.41, 5.74) is -2.80. The van der Waals surface area contributed by atoms with E-state index >= 15 is 0 Å². The number of nitrogens with one attached hydrogen (secondary N) is 3. The van der Waals surface area contributed by atoms with Crippen LogP contribution >= 0.6 is 0 Å². The average molecular weight is 589 g/mol. The van der Waals surface area contributed by atoms with Gasteiger partial charge in [0.25, 0.3) is 5.91 Å². The Hall–Kier alpha value is -4.08. The van der Waals surface area contributed by atoms with Crippen LogP contribution in [-0.2, 0) is 27.8 Å². The fourth-order valence-electron chi connectivity index (χ4n) is 3.88. The molecule has 16 heteroatoms. The molecule has 4 rings (SSSR count). The second kappa shape index (κ2) is 12.4. The van der Waals surface area contributed by atoms with Crippen molar-refractivity contribution in [1.29, 1.82) is 0 Å². The van der Waals surface area contributed by atoms with Gasteiger partial charge in [0.1, 0.15) is 12.0 Å². The summed E-state index contributed by atoms with van der Waals surface area (Å²) in [6.45, 7) is 5.83. The summed E-state index contributed by atoms with van der Waals surface area (Å²) < 4.78 is 62.9. The summed E-state index contributed by atoms with van der Waals surface area (Å²) >= 11 is 0. The van der Waals surface area contributed by atoms with Crippen LogP contribution in [0.1, 0.15) is 45.4 Å². The molecule has 2 aliphatic rings. The smallest absolute Gasteiger partial charge is 0.355 e. The first-order chi connectivity index (χ1) is 19.0. The number of likely N-dealkylation sites (N-methyl/N-ethyl adjacent to an activating group) is 1. The molecule has 0 unspecified atom stereocenters. The van der Waals surface area contributed by atoms with Crippen molar-refractivity contribution in [2.24, 2.45) is 5.10 Å². The van der Waals surface area contributed by atoms with Gasteiger partial charge < -0.3 is 16.0 Å². The minimum absolute atomic E-state index is 0. The number of aryl methyl sites for hydroxylation is 1. The van der Waals surface area contributed by atoms with Gasteiger partial charge in [-0.25, -0.2) is 9.29 Å². The van der Waals surface area contributed by atoms with Gasteiger partial charge >= 0.3 is 15.5 Å². The van der Waals surface area contributed by atoms with Crippen LogP contribution in [0.4, 0.5) is 24.8 Å². The number of aromatic nitrogens is 2. The first kappa shape index (κ1) is 30.5. The molecule has 1 aromatic carbocycles. The van der Waals surface area contributed by atoms with Gasteiger partial charge in [0.15, 0.2) is 0 Å². The Morgan fingerprint density at radius 3 is 2.35 bits per heavy atom. The predicted octanol–water partition coefficient (Wildman–Crippen LogP) is 2.82. The van der Waals surface area contributed by atoms with Crippen LogP contribution in [0.2, 0.25) is 0 Å². The summed E-state index contributed by atoms with van der Waals surface area (Å²) in [5, 5.41) is 13.6. The summed E-state index contributed by atoms with van der Waals surface area (Å²) in [6, 6.07) is 6.74. The first-order valence-corrected chi connectivity index (χ1v) is 13.9. The number of hydrazone groups is 1. The van der Waals surface area contributed by atoms with E-state index in [2.05, 4.69) is 26.0 Å². The standard InChI is InChI=1S/C22H25F3N8O4S.C2H6.2H2/c1-3-17-18(32-12-15(19(34)26-2)11-28-21(32)30-17)20(35)27-10-14-4-6-16(7-5-14)33-9-8-31(13-29-33)38(36,37)22(23,24)25;1-2;;/h4-7,12-13H,3,8-11H2,1-2H3,(H,26,34)(H,27,35)(H,28,30);1-2H3;2*1H. The molecule has 2 amide bonds. The molecule has 3 N–H and O–H groups in total. The van der Waals surface area contributed by atoms with Crippen molar-refractivity contribution in [1.82, 2.24) is 24.5 Å². The number of alkyl halides is 3. The normalized spacial score (nSPS) is 14.8. The Labute approximate surface area is 232 Å². The largest absolute Gasteiger partial charge is 0.516 e. The Bertz CT molecular complexity index is 1410. The highest BCUT2D eigenvalue weighted by Crippen LogP contribution is 2.28. The van der Waals surface area contributed by atoms with Crippen LogP contribution in [-0.4, -0.2) is 72.6 Å². The van der Waals surface area contributed by atoms with Gasteiger partial charge in [0, 0.05) is 29.2 Å². The number of halogens is 3. The zero-order valence-corrected chi connectivity index (χ0v) is 23.2. The molecule has 40 heavy (non-hydrogen) atoms. The molecule has 0 radical (unpaired) electrons. The highest BCUT2D eigenvalue weighted by molar-refractivity contribution is 7.90. The minimum atomic E-state index is -5.48. The van der Waals surface area contributed by atoms with E-state index in [1.54, 1.807) is 35.0 Å². The summed E-state index contributed by atoms with van der Waals surface area (Å²) in [7, 11) is -3.96. The van der Waals surface area contributed by atoms with Crippen LogP contribution < -0.4 is 21.0 Å². The summed E-state index contributed by atoms with van der Waals surface area (Å²) in [6.07, 6.45) is 2.72. The van der Waals surface area contributed by atoms with Crippen LogP contribution in [0.25, 0.3) is 6.20 Å². The van der Waals surface area contributed by atoms with Gasteiger partial charge in [-0.3, -0.25) is 19.2 Å². The number of anilines is 2. The van der Waals surface area contributed by atoms with E-state index in [-0.39, 0.29) is 38.6 Å². The number of hydrogen-bond donors (Lipinski definition) is 3. The predicted molar refractivity (Wildman–Crippen MR) is 149 cm³/mol. The number of benzene rings is 1. The lowest BCUT2D eigenvalue weighted by Crippen LogP contribution is -2.46. The Kier molecular flexibility index (Phi) is 9.44. The maximum atomic E-state index is 13.1. The van der Waals surface area contributed by atoms with Crippen LogP contribution in [0.3, 0.4) is 0 Å². The molecular weight excluding hydrogens is 553 g/mol. The number of fused-ring (bicyclic) bond motifs is 1. The van der Waals surface area contributed by atoms with E-state index in [1.165, 1.54) is 12.1 Å². The first-order valence-electron chi connectivity index (χ1n) is 12.5. The van der Waals surface area contributed by atoms with E-state index < -0.39 is 22.1 Å². The second-order valence-corrected chi connectivity index (χ2v) is 10.2. The number of hydrogen-bond acceptors (Lipinski definition) is 8. The zero-order chi connectivity index (χ0) is 29.7. The Balaban J connectivity index is 0.00000216. The van der Waals surface area contributed by atoms with Crippen molar-refractivity contribution in [3.8, 4) is 0 Å². The fraction of sp³-hybridized carbons (Fsp3) is 0.417. The second-order valence-electron chi connectivity index (χ2n) is 8.31. The Morgan fingerprint density at radius 1 is 1.12 bits per heavy atom. The number of nitrogens with zero attached hydrogens (tertiary/aromatic N) is 5. The molecule has 0 fully saturated rings. The molecule has 12 nitrogen and oxygen atoms in total. The summed E-state index contributed by atoms with van der Waals surface area (Å²) in [5.74, 6) is -0.186. The molecule has 1 aromatic heterocycles. The van der Waals surface area contributed by atoms with Crippen molar-refractivity contribution < 1.29 is 34.0 Å². The van der Waals surface area contributed by atoms with Crippen LogP contribution in [0.5, 0.6) is 0 Å². The van der Waals surface area contributed by atoms with Crippen LogP contribution in [0.15, 0.2) is 34.9 Å². The van der Waals surface area contributed by atoms with Gasteiger partial charge in [-0.2, -0.15) is 26.7 Å². The molecule has 3 heterocycles. The Morgan fingerprint density at radius 2 is 1.80 bits per heavy atom. The lowest BCUT2D eigenvalue weighted by atomic mass is 10.2. The van der Waals surface area contributed by atoms with Gasteiger partial charge in [-0.1, -0.05) is 32.9 Å². The number of imidazole rings is 1. The number of carbonyl (C=O) groups is 2. The molecule has 2 aliphatic heterocycles. The van der Waals surface area contributed by atoms with Crippen molar-refractivity contribution in [2.75, 3.05) is 37.0 Å². The SMILES string of the molecule is CC.CCc1nc2n(c1C(=O)NCc1ccc(N3CCN(S(=O)(=O)C(F)(F)F)C=N3)cc1)C=C(C(=O)NC)CN2.[HH].[HH]. The van der Waals surface area contributed by atoms with Gasteiger partial charge in [0.05, 0.1) is 30.0 Å². The fourth-order valence-corrected chi connectivity index (χ4v) is 4.64. The molecule has 0 atom stereocenters. The van der Waals surface area contributed by atoms with Gasteiger partial charge in [-0.05, 0) is 24.1 Å². The van der Waals surface area contributed by atoms with E-state index in [4.69, 9.17) is 0 Å². The molecule has 0 saturated heterocycles. The summed E-state index contributed by atoms with van der Waals surface area (Å²) in [4.78, 5) is 29.6. The lowest BCUT2D eigenvalue weighted by Gasteiger charge is -2.29. The highest BCUT2D eigenvalue weighted by Gasteiger charge is 2.50. The van der Waals surface area contributed by atoms with Crippen molar-refractivity contribution in [3.63, 3.8) is 0 Å². The average Bonchev–Trinajstić information content (AvgIpc) is 3.34. The molecule has 0 aliphatic carbocycles.